The van der Waals surface area contributed by atoms with Crippen LogP contribution >= 0.6 is 8.18 Å². The molecule has 0 bridgehead atoms. The van der Waals surface area contributed by atoms with E-state index in [0.717, 1.165) is 0 Å². The van der Waals surface area contributed by atoms with Gasteiger partial charge in [0.05, 0.1) is 0 Å². The predicted octanol–water partition coefficient (Wildman–Crippen LogP) is 5.36. The van der Waals surface area contributed by atoms with E-state index in [1.165, 1.54) is 31.2 Å². The lowest BCUT2D eigenvalue weighted by molar-refractivity contribution is -0.172. The molecule has 1 aliphatic rings. The number of halogens is 5. The summed E-state index contributed by atoms with van der Waals surface area (Å²) in [6.07, 6.45) is 1.52. The number of hydrogen-bond donors (Lipinski definition) is 1. The molecule has 0 amide bonds. The Bertz CT molecular complexity index is 991. The van der Waals surface area contributed by atoms with Gasteiger partial charge in [0.1, 0.15) is 4.83 Å². The zero-order valence-corrected chi connectivity index (χ0v) is 16.8. The number of carboxylic acids is 1. The van der Waals surface area contributed by atoms with E-state index in [1.54, 1.807) is 6.07 Å². The van der Waals surface area contributed by atoms with Gasteiger partial charge in [-0.2, -0.15) is 8.78 Å². The zero-order valence-electron chi connectivity index (χ0n) is 15.9. The second-order valence-electron chi connectivity index (χ2n) is 6.99. The first-order valence-corrected chi connectivity index (χ1v) is 10.1. The van der Waals surface area contributed by atoms with Crippen LogP contribution in [0, 0.1) is 35.0 Å². The monoisotopic (exact) mass is 464 g/mol. The largest absolute Gasteiger partial charge is 0.704 e. The highest BCUT2D eigenvalue weighted by molar-refractivity contribution is 7.36. The van der Waals surface area contributed by atoms with Crippen molar-refractivity contribution < 1.29 is 45.8 Å². The van der Waals surface area contributed by atoms with Crippen LogP contribution in [0.3, 0.4) is 0 Å². The second kappa shape index (κ2) is 8.76. The van der Waals surface area contributed by atoms with Crippen molar-refractivity contribution in [2.75, 3.05) is 0 Å². The molecule has 0 heterocycles. The Balaban J connectivity index is 2.04. The summed E-state index contributed by atoms with van der Waals surface area (Å²) < 4.78 is 85.7. The SMILES string of the molecule is CC(C(=O)O)(C1CCC1)N(Oc1ccccc1)[P+](=O)Oc1c(F)c(F)c(F)c(F)c1F. The standard InChI is InChI=1S/C19H15F5NO5P/c1-19(18(26)27,10-6-5-7-10)25(29-11-8-3-2-4-9-11)31(28)30-17-15(23)13(21)12(20)14(22)16(17)24/h2-4,8-10H,5-7H2,1H3/p+1. The van der Waals surface area contributed by atoms with Gasteiger partial charge in [-0.05, 0) is 37.8 Å². The lowest BCUT2D eigenvalue weighted by Crippen LogP contribution is -2.57. The van der Waals surface area contributed by atoms with E-state index in [2.05, 4.69) is 4.52 Å². The number of hydrogen-bond acceptors (Lipinski definition) is 4. The summed E-state index contributed by atoms with van der Waals surface area (Å²) >= 11 is 0. The molecule has 1 N–H and O–H groups in total. The van der Waals surface area contributed by atoms with Crippen molar-refractivity contribution in [2.45, 2.75) is 31.7 Å². The maximum atomic E-state index is 14.0. The molecule has 2 atom stereocenters. The fourth-order valence-electron chi connectivity index (χ4n) is 3.04. The van der Waals surface area contributed by atoms with Gasteiger partial charge >= 0.3 is 14.1 Å². The molecule has 1 fully saturated rings. The van der Waals surface area contributed by atoms with E-state index in [9.17, 15) is 36.4 Å². The molecule has 31 heavy (non-hydrogen) atoms. The highest BCUT2D eigenvalue weighted by Gasteiger charge is 2.61. The second-order valence-corrected chi connectivity index (χ2v) is 8.01. The number of carbonyl (C=O) groups is 1. The number of hydroxylamine groups is 1. The first-order chi connectivity index (χ1) is 14.6. The third kappa shape index (κ3) is 4.07. The van der Waals surface area contributed by atoms with Gasteiger partial charge in [0.25, 0.3) is 5.75 Å². The van der Waals surface area contributed by atoms with Gasteiger partial charge in [0.2, 0.25) is 34.6 Å². The Kier molecular flexibility index (Phi) is 6.47. The van der Waals surface area contributed by atoms with Crippen LogP contribution in [0.1, 0.15) is 26.2 Å². The quantitative estimate of drug-likeness (QED) is 0.187. The first-order valence-electron chi connectivity index (χ1n) is 9.02. The molecule has 6 nitrogen and oxygen atoms in total. The minimum atomic E-state index is -3.59. The highest BCUT2D eigenvalue weighted by atomic mass is 31.1. The van der Waals surface area contributed by atoms with Crippen LogP contribution in [0.15, 0.2) is 30.3 Å². The Morgan fingerprint density at radius 3 is 2.00 bits per heavy atom. The van der Waals surface area contributed by atoms with Gasteiger partial charge in [0, 0.05) is 4.57 Å². The number of rotatable bonds is 8. The number of aliphatic carboxylic acids is 1. The van der Waals surface area contributed by atoms with E-state index >= 15 is 0 Å². The number of benzene rings is 2. The van der Waals surface area contributed by atoms with E-state index in [0.29, 0.717) is 24.1 Å². The van der Waals surface area contributed by atoms with Crippen molar-refractivity contribution in [3.05, 3.63) is 59.4 Å². The number of para-hydroxylation sites is 1. The van der Waals surface area contributed by atoms with Crippen LogP contribution in [0.25, 0.3) is 0 Å². The van der Waals surface area contributed by atoms with Crippen molar-refractivity contribution in [3.8, 4) is 11.5 Å². The molecule has 2 aromatic carbocycles. The van der Waals surface area contributed by atoms with Crippen molar-refractivity contribution in [1.29, 1.82) is 0 Å². The maximum Gasteiger partial charge on any atom is 0.704 e. The summed E-state index contributed by atoms with van der Waals surface area (Å²) in [5, 5.41) is 9.84. The molecule has 0 spiro atoms. The average molecular weight is 464 g/mol. The zero-order chi connectivity index (χ0) is 22.9. The molecule has 2 unspecified atom stereocenters. The van der Waals surface area contributed by atoms with Crippen molar-refractivity contribution in [1.82, 2.24) is 4.83 Å². The fraction of sp³-hybridized carbons (Fsp3) is 0.316. The van der Waals surface area contributed by atoms with E-state index < -0.39 is 60.4 Å². The van der Waals surface area contributed by atoms with Crippen molar-refractivity contribution >= 4 is 14.1 Å². The molecule has 2 aromatic rings. The van der Waals surface area contributed by atoms with Crippen LogP contribution in [-0.4, -0.2) is 21.4 Å². The average Bonchev–Trinajstić information content (AvgIpc) is 2.71. The lowest BCUT2D eigenvalue weighted by atomic mass is 9.72. The van der Waals surface area contributed by atoms with Gasteiger partial charge in [-0.1, -0.05) is 24.6 Å². The Morgan fingerprint density at radius 2 is 1.55 bits per heavy atom. The minimum Gasteiger partial charge on any atom is -0.480 e. The molecule has 0 aromatic heterocycles. The molecule has 1 saturated carbocycles. The summed E-state index contributed by atoms with van der Waals surface area (Å²) in [6, 6.07) is 7.43. The van der Waals surface area contributed by atoms with Crippen LogP contribution in [0.2, 0.25) is 0 Å². The van der Waals surface area contributed by atoms with E-state index in [-0.39, 0.29) is 5.75 Å². The summed E-state index contributed by atoms with van der Waals surface area (Å²) in [5.74, 6) is -15.6. The van der Waals surface area contributed by atoms with Crippen LogP contribution in [0.4, 0.5) is 22.0 Å². The molecule has 0 saturated heterocycles. The Labute approximate surface area is 174 Å². The summed E-state index contributed by atoms with van der Waals surface area (Å²) in [6.45, 7) is 1.18. The predicted molar refractivity (Wildman–Crippen MR) is 96.8 cm³/mol. The molecule has 0 radical (unpaired) electrons. The lowest BCUT2D eigenvalue weighted by Gasteiger charge is -2.39. The highest BCUT2D eigenvalue weighted by Crippen LogP contribution is 2.48. The van der Waals surface area contributed by atoms with Gasteiger partial charge < -0.3 is 9.94 Å². The Hall–Kier alpha value is -2.78. The molecular weight excluding hydrogens is 448 g/mol. The molecule has 0 aliphatic heterocycles. The summed E-state index contributed by atoms with van der Waals surface area (Å²) in [7, 11) is -3.59. The van der Waals surface area contributed by atoms with Gasteiger partial charge in [-0.15, -0.1) is 0 Å². The molecule has 166 valence electrons. The minimum absolute atomic E-state index is 0.0126. The van der Waals surface area contributed by atoms with Crippen LogP contribution < -0.4 is 9.36 Å². The number of carboxylic acid groups (broad SMARTS) is 1. The van der Waals surface area contributed by atoms with E-state index in [1.807, 2.05) is 0 Å². The summed E-state index contributed by atoms with van der Waals surface area (Å²) in [4.78, 5) is 17.9. The maximum absolute atomic E-state index is 14.0. The molecule has 3 rings (SSSR count). The third-order valence-corrected chi connectivity index (χ3v) is 6.29. The normalized spacial score (nSPS) is 16.4. The Morgan fingerprint density at radius 1 is 1.03 bits per heavy atom. The topological polar surface area (TPSA) is 76.1 Å². The van der Waals surface area contributed by atoms with E-state index in [4.69, 9.17) is 4.84 Å². The van der Waals surface area contributed by atoms with Crippen LogP contribution in [0.5, 0.6) is 11.5 Å². The van der Waals surface area contributed by atoms with Gasteiger partial charge in [-0.25, -0.2) is 22.5 Å². The van der Waals surface area contributed by atoms with Crippen molar-refractivity contribution in [2.24, 2.45) is 5.92 Å². The number of nitrogens with zero attached hydrogens (tertiary/aromatic N) is 1. The fourth-order valence-corrected chi connectivity index (χ4v) is 4.18. The van der Waals surface area contributed by atoms with Crippen LogP contribution in [-0.2, 0) is 9.36 Å². The summed E-state index contributed by atoms with van der Waals surface area (Å²) in [5.41, 5.74) is -1.99. The smallest absolute Gasteiger partial charge is 0.480 e. The molecular formula is C19H16F5NO5P+. The van der Waals surface area contributed by atoms with Gasteiger partial charge in [-0.3, -0.25) is 0 Å². The molecule has 1 aliphatic carbocycles. The third-order valence-electron chi connectivity index (χ3n) is 5.15. The van der Waals surface area contributed by atoms with Crippen molar-refractivity contribution in [3.63, 3.8) is 0 Å². The first kappa shape index (κ1) is 22.9. The van der Waals surface area contributed by atoms with Gasteiger partial charge in [0.15, 0.2) is 5.75 Å². The molecule has 12 heteroatoms.